The van der Waals surface area contributed by atoms with E-state index < -0.39 is 18.1 Å². The molecule has 2 aliphatic rings. The van der Waals surface area contributed by atoms with E-state index in [-0.39, 0.29) is 25.0 Å². The maximum absolute atomic E-state index is 12.5. The van der Waals surface area contributed by atoms with Gasteiger partial charge in [0.05, 0.1) is 6.10 Å². The number of β-amino-alcohol motifs (C(OH)–C–C–N with tert-alkyl or cyclic N) is 1. The zero-order valence-corrected chi connectivity index (χ0v) is 12.0. The Morgan fingerprint density at radius 2 is 1.95 bits per heavy atom. The molecule has 0 spiro atoms. The number of amides is 2. The van der Waals surface area contributed by atoms with Gasteiger partial charge in [0.25, 0.3) is 0 Å². The number of likely N-dealkylation sites (N-methyl/N-ethyl adjacent to an activating group) is 1. The van der Waals surface area contributed by atoms with Crippen molar-refractivity contribution in [2.24, 2.45) is 0 Å². The fourth-order valence-electron chi connectivity index (χ4n) is 3.08. The van der Waals surface area contributed by atoms with Gasteiger partial charge in [0.15, 0.2) is 0 Å². The number of carboxylic acids is 1. The summed E-state index contributed by atoms with van der Waals surface area (Å²) in [6, 6.07) is -0.901. The molecule has 20 heavy (non-hydrogen) atoms. The van der Waals surface area contributed by atoms with Crippen molar-refractivity contribution in [2.45, 2.75) is 38.5 Å². The molecule has 0 saturated carbocycles. The van der Waals surface area contributed by atoms with Crippen molar-refractivity contribution in [3.05, 3.63) is 0 Å². The number of piperazine rings is 1. The van der Waals surface area contributed by atoms with E-state index in [9.17, 15) is 14.7 Å². The number of nitrogens with zero attached hydrogens (tertiary/aromatic N) is 3. The summed E-state index contributed by atoms with van der Waals surface area (Å²) in [6.07, 6.45) is -0.625. The largest absolute Gasteiger partial charge is 0.480 e. The van der Waals surface area contributed by atoms with Crippen molar-refractivity contribution in [1.29, 1.82) is 0 Å². The number of likely N-dealkylation sites (tertiary alicyclic amines) is 1. The van der Waals surface area contributed by atoms with Gasteiger partial charge in [0.1, 0.15) is 6.04 Å². The number of hydrogen-bond donors (Lipinski definition) is 2. The molecule has 2 amide bonds. The number of rotatable bonds is 2. The lowest BCUT2D eigenvalue weighted by atomic mass is 10.2. The van der Waals surface area contributed by atoms with Crippen LogP contribution in [0.3, 0.4) is 0 Å². The Kier molecular flexibility index (Phi) is 4.49. The summed E-state index contributed by atoms with van der Waals surface area (Å²) in [7, 11) is 0. The first-order valence-electron chi connectivity index (χ1n) is 7.14. The quantitative estimate of drug-likeness (QED) is 0.724. The third-order valence-corrected chi connectivity index (χ3v) is 4.25. The number of carboxylic acid groups (broad SMARTS) is 1. The lowest BCUT2D eigenvalue weighted by Gasteiger charge is -2.41. The van der Waals surface area contributed by atoms with Gasteiger partial charge in [0.2, 0.25) is 0 Å². The topological polar surface area (TPSA) is 84.3 Å². The Morgan fingerprint density at radius 1 is 1.25 bits per heavy atom. The maximum atomic E-state index is 12.5. The number of aliphatic hydroxyl groups is 1. The number of hydrogen-bond acceptors (Lipinski definition) is 4. The van der Waals surface area contributed by atoms with Crippen LogP contribution in [-0.4, -0.2) is 87.8 Å². The van der Waals surface area contributed by atoms with E-state index in [2.05, 4.69) is 18.7 Å². The van der Waals surface area contributed by atoms with E-state index in [4.69, 9.17) is 5.11 Å². The van der Waals surface area contributed by atoms with Gasteiger partial charge < -0.3 is 20.0 Å². The fraction of sp³-hybridized carbons (Fsp3) is 0.846. The number of carbonyl (C=O) groups is 2. The average molecular weight is 285 g/mol. The number of aliphatic carboxylic acids is 1. The van der Waals surface area contributed by atoms with Crippen LogP contribution in [0.5, 0.6) is 0 Å². The highest BCUT2D eigenvalue weighted by molar-refractivity contribution is 5.83. The van der Waals surface area contributed by atoms with Gasteiger partial charge in [-0.15, -0.1) is 0 Å². The normalized spacial score (nSPS) is 31.6. The average Bonchev–Trinajstić information content (AvgIpc) is 2.80. The van der Waals surface area contributed by atoms with Crippen molar-refractivity contribution in [3.63, 3.8) is 0 Å². The van der Waals surface area contributed by atoms with Crippen LogP contribution in [-0.2, 0) is 4.79 Å². The predicted octanol–water partition coefficient (Wildman–Crippen LogP) is -0.348. The molecule has 7 heteroatoms. The predicted molar refractivity (Wildman–Crippen MR) is 72.4 cm³/mol. The monoisotopic (exact) mass is 285 g/mol. The fourth-order valence-corrected chi connectivity index (χ4v) is 3.08. The minimum Gasteiger partial charge on any atom is -0.480 e. The zero-order chi connectivity index (χ0) is 14.9. The second-order valence-electron chi connectivity index (χ2n) is 5.60. The van der Waals surface area contributed by atoms with Gasteiger partial charge >= 0.3 is 12.0 Å². The van der Waals surface area contributed by atoms with E-state index in [1.54, 1.807) is 4.90 Å². The molecule has 0 aromatic rings. The Morgan fingerprint density at radius 3 is 2.50 bits per heavy atom. The summed E-state index contributed by atoms with van der Waals surface area (Å²) in [4.78, 5) is 28.9. The molecule has 0 aliphatic carbocycles. The van der Waals surface area contributed by atoms with Crippen LogP contribution in [0.2, 0.25) is 0 Å². The van der Waals surface area contributed by atoms with E-state index in [0.29, 0.717) is 13.1 Å². The summed E-state index contributed by atoms with van der Waals surface area (Å²) < 4.78 is 0. The van der Waals surface area contributed by atoms with Crippen molar-refractivity contribution < 1.29 is 19.8 Å². The van der Waals surface area contributed by atoms with Crippen LogP contribution in [0.15, 0.2) is 0 Å². The summed E-state index contributed by atoms with van der Waals surface area (Å²) >= 11 is 0. The van der Waals surface area contributed by atoms with Crippen molar-refractivity contribution in [2.75, 3.05) is 32.7 Å². The van der Waals surface area contributed by atoms with E-state index in [1.807, 2.05) is 0 Å². The maximum Gasteiger partial charge on any atom is 0.326 e. The molecule has 0 radical (unpaired) electrons. The highest BCUT2D eigenvalue weighted by Crippen LogP contribution is 2.21. The lowest BCUT2D eigenvalue weighted by Crippen LogP contribution is -2.57. The first kappa shape index (κ1) is 15.1. The van der Waals surface area contributed by atoms with Gasteiger partial charge in [-0.25, -0.2) is 9.59 Å². The molecule has 114 valence electrons. The molecule has 2 rings (SSSR count). The second-order valence-corrected chi connectivity index (χ2v) is 5.60. The van der Waals surface area contributed by atoms with Crippen LogP contribution in [0.4, 0.5) is 4.79 Å². The van der Waals surface area contributed by atoms with Crippen molar-refractivity contribution >= 4 is 12.0 Å². The first-order valence-corrected chi connectivity index (χ1v) is 7.14. The number of carbonyl (C=O) groups excluding carboxylic acids is 1. The molecule has 3 atom stereocenters. The number of aliphatic hydroxyl groups excluding tert-OH is 1. The summed E-state index contributed by atoms with van der Waals surface area (Å²) in [5.74, 6) is -1.05. The zero-order valence-electron chi connectivity index (χ0n) is 12.0. The highest BCUT2D eigenvalue weighted by Gasteiger charge is 2.41. The Balaban J connectivity index is 2.02. The SMILES string of the molecule is CCN1CCN(C(=O)N2C[C@H](O)C[C@H]2C(=O)O)CC1C. The molecule has 2 aliphatic heterocycles. The van der Waals surface area contributed by atoms with Gasteiger partial charge in [-0.3, -0.25) is 4.90 Å². The van der Waals surface area contributed by atoms with Crippen LogP contribution in [0, 0.1) is 0 Å². The third kappa shape index (κ3) is 2.88. The highest BCUT2D eigenvalue weighted by atomic mass is 16.4. The summed E-state index contributed by atoms with van der Waals surface area (Å²) in [5.41, 5.74) is 0. The van der Waals surface area contributed by atoms with Gasteiger partial charge in [-0.05, 0) is 13.5 Å². The molecular weight excluding hydrogens is 262 g/mol. The lowest BCUT2D eigenvalue weighted by molar-refractivity contribution is -0.141. The Labute approximate surface area is 118 Å². The first-order chi connectivity index (χ1) is 9.43. The molecule has 0 aromatic heterocycles. The number of urea groups is 1. The van der Waals surface area contributed by atoms with E-state index >= 15 is 0 Å². The van der Waals surface area contributed by atoms with Gasteiger partial charge in [-0.2, -0.15) is 0 Å². The standard InChI is InChI=1S/C13H23N3O4/c1-3-14-4-5-15(7-9(14)2)13(20)16-8-10(17)6-11(16)12(18)19/h9-11,17H,3-8H2,1-2H3,(H,18,19)/t9?,10-,11+/m1/s1. The van der Waals surface area contributed by atoms with Crippen molar-refractivity contribution in [1.82, 2.24) is 14.7 Å². The van der Waals surface area contributed by atoms with Crippen LogP contribution < -0.4 is 0 Å². The molecule has 1 unspecified atom stereocenters. The second kappa shape index (κ2) is 5.97. The summed E-state index contributed by atoms with van der Waals surface area (Å²) in [6.45, 7) is 7.22. The Bertz CT molecular complexity index is 390. The minimum atomic E-state index is -1.05. The summed E-state index contributed by atoms with van der Waals surface area (Å²) in [5, 5.41) is 18.8. The molecule has 2 heterocycles. The molecular formula is C13H23N3O4. The molecule has 2 fully saturated rings. The van der Waals surface area contributed by atoms with E-state index in [1.165, 1.54) is 4.90 Å². The molecule has 2 N–H and O–H groups in total. The van der Waals surface area contributed by atoms with Gasteiger partial charge in [-0.1, -0.05) is 6.92 Å². The Hall–Kier alpha value is -1.34. The minimum absolute atomic E-state index is 0.109. The smallest absolute Gasteiger partial charge is 0.326 e. The molecule has 0 bridgehead atoms. The van der Waals surface area contributed by atoms with Crippen LogP contribution in [0.1, 0.15) is 20.3 Å². The van der Waals surface area contributed by atoms with Crippen molar-refractivity contribution in [3.8, 4) is 0 Å². The third-order valence-electron chi connectivity index (χ3n) is 4.25. The van der Waals surface area contributed by atoms with Gasteiger partial charge in [0, 0.05) is 38.6 Å². The molecule has 0 aromatic carbocycles. The van der Waals surface area contributed by atoms with E-state index in [0.717, 1.165) is 13.1 Å². The van der Waals surface area contributed by atoms with Crippen LogP contribution in [0.25, 0.3) is 0 Å². The van der Waals surface area contributed by atoms with Crippen LogP contribution >= 0.6 is 0 Å². The molecule has 7 nitrogen and oxygen atoms in total. The molecule has 2 saturated heterocycles.